The van der Waals surface area contributed by atoms with E-state index in [1.807, 2.05) is 36.4 Å². The number of piperazine rings is 1. The van der Waals surface area contributed by atoms with Gasteiger partial charge >= 0.3 is 5.97 Å². The van der Waals surface area contributed by atoms with Crippen LogP contribution in [-0.2, 0) is 9.53 Å². The predicted molar refractivity (Wildman–Crippen MR) is 189 cm³/mol. The molecule has 2 heterocycles. The number of carbonyl (C=O) groups is 2. The highest BCUT2D eigenvalue weighted by atomic mass is 32.1. The van der Waals surface area contributed by atoms with Crippen LogP contribution in [-0.4, -0.2) is 66.6 Å². The van der Waals surface area contributed by atoms with E-state index in [1.165, 1.54) is 29.9 Å². The summed E-state index contributed by atoms with van der Waals surface area (Å²) in [5, 5.41) is 10.5. The Labute approximate surface area is 287 Å². The predicted octanol–water partition coefficient (Wildman–Crippen LogP) is 4.13. The molecule has 0 radical (unpaired) electrons. The lowest BCUT2D eigenvalue weighted by atomic mass is 9.96. The first-order valence-corrected chi connectivity index (χ1v) is 16.6. The normalized spacial score (nSPS) is 14.3. The monoisotopic (exact) mass is 670 g/mol. The van der Waals surface area contributed by atoms with Gasteiger partial charge in [-0.2, -0.15) is 5.26 Å². The number of amides is 1. The number of ether oxygens (including phenoxy) is 2. The summed E-state index contributed by atoms with van der Waals surface area (Å²) in [6, 6.07) is 36.4. The lowest BCUT2D eigenvalue weighted by Gasteiger charge is -2.39. The third-order valence-electron chi connectivity index (χ3n) is 8.52. The van der Waals surface area contributed by atoms with Crippen molar-refractivity contribution in [2.24, 2.45) is 0 Å². The molecule has 1 aromatic heterocycles. The van der Waals surface area contributed by atoms with Crippen LogP contribution in [0.1, 0.15) is 33.1 Å². The summed E-state index contributed by atoms with van der Waals surface area (Å²) in [5.41, 5.74) is 3.27. The second-order valence-electron chi connectivity index (χ2n) is 11.4. The second kappa shape index (κ2) is 15.0. The zero-order valence-electron chi connectivity index (χ0n) is 27.1. The molecule has 10 heteroatoms. The van der Waals surface area contributed by atoms with E-state index < -0.39 is 17.4 Å². The zero-order valence-corrected chi connectivity index (χ0v) is 27.9. The summed E-state index contributed by atoms with van der Waals surface area (Å²) >= 11 is 1.07. The molecular formula is C39H34N4O5S. The number of nitriles is 1. The molecule has 4 aromatic carbocycles. The molecule has 0 saturated carbocycles. The number of esters is 1. The number of rotatable bonds is 8. The van der Waals surface area contributed by atoms with Gasteiger partial charge in [0, 0.05) is 26.2 Å². The molecule has 49 heavy (non-hydrogen) atoms. The van der Waals surface area contributed by atoms with Crippen molar-refractivity contribution in [3.63, 3.8) is 0 Å². The quantitative estimate of drug-likeness (QED) is 0.229. The molecule has 0 aliphatic carbocycles. The van der Waals surface area contributed by atoms with Gasteiger partial charge in [0.15, 0.2) is 5.57 Å². The average molecular weight is 671 g/mol. The van der Waals surface area contributed by atoms with Gasteiger partial charge in [-0.05, 0) is 47.0 Å². The van der Waals surface area contributed by atoms with Gasteiger partial charge in [-0.25, -0.2) is 4.79 Å². The number of methoxy groups -OCH3 is 2. The number of para-hydroxylation sites is 2. The van der Waals surface area contributed by atoms with Crippen LogP contribution < -0.4 is 19.5 Å². The number of nitrogens with zero attached hydrogens (tertiary/aromatic N) is 4. The average Bonchev–Trinajstić information content (AvgIpc) is 3.47. The van der Waals surface area contributed by atoms with E-state index >= 15 is 0 Å². The molecule has 246 valence electrons. The van der Waals surface area contributed by atoms with Gasteiger partial charge in [0.1, 0.15) is 16.5 Å². The third-order valence-corrected chi connectivity index (χ3v) is 9.61. The van der Waals surface area contributed by atoms with Crippen molar-refractivity contribution in [1.82, 2.24) is 14.4 Å². The van der Waals surface area contributed by atoms with Crippen molar-refractivity contribution in [1.29, 1.82) is 5.26 Å². The van der Waals surface area contributed by atoms with E-state index in [0.29, 0.717) is 53.3 Å². The SMILES string of the molecule is COC(=O)c1ccc(C=c2sc(=C(C#N)C(=O)N3CCN(C(c4ccccc4)c4ccccc4)CC3)n(-c3ccccc3OC)c2=O)cc1. The van der Waals surface area contributed by atoms with E-state index in [4.69, 9.17) is 9.47 Å². The molecule has 0 atom stereocenters. The molecule has 1 aliphatic heterocycles. The van der Waals surface area contributed by atoms with Crippen LogP contribution in [0.4, 0.5) is 0 Å². The van der Waals surface area contributed by atoms with E-state index in [0.717, 1.165) is 11.3 Å². The fourth-order valence-electron chi connectivity index (χ4n) is 6.08. The van der Waals surface area contributed by atoms with Gasteiger partial charge in [-0.1, -0.05) is 84.9 Å². The first-order chi connectivity index (χ1) is 23.9. The summed E-state index contributed by atoms with van der Waals surface area (Å²) in [6.07, 6.45) is 1.68. The third kappa shape index (κ3) is 6.94. The molecule has 0 unspecified atom stereocenters. The topological polar surface area (TPSA) is 105 Å². The summed E-state index contributed by atoms with van der Waals surface area (Å²) < 4.78 is 12.3. The second-order valence-corrected chi connectivity index (χ2v) is 12.4. The van der Waals surface area contributed by atoms with Crippen molar-refractivity contribution in [3.05, 3.63) is 151 Å². The number of carbonyl (C=O) groups excluding carboxylic acids is 2. The van der Waals surface area contributed by atoms with Crippen molar-refractivity contribution < 1.29 is 19.1 Å². The lowest BCUT2D eigenvalue weighted by molar-refractivity contribution is -0.126. The van der Waals surface area contributed by atoms with Crippen molar-refractivity contribution in [2.45, 2.75) is 6.04 Å². The Hall–Kier alpha value is -5.76. The highest BCUT2D eigenvalue weighted by Crippen LogP contribution is 2.29. The first-order valence-electron chi connectivity index (χ1n) is 15.8. The molecule has 1 fully saturated rings. The maximum absolute atomic E-state index is 14.1. The van der Waals surface area contributed by atoms with Gasteiger partial charge in [-0.3, -0.25) is 19.1 Å². The number of thiazole rings is 1. The van der Waals surface area contributed by atoms with Crippen LogP contribution in [0.5, 0.6) is 5.75 Å². The van der Waals surface area contributed by atoms with Crippen molar-refractivity contribution in [3.8, 4) is 17.5 Å². The van der Waals surface area contributed by atoms with Gasteiger partial charge in [0.05, 0.1) is 36.0 Å². The Morgan fingerprint density at radius 3 is 1.98 bits per heavy atom. The van der Waals surface area contributed by atoms with E-state index in [1.54, 1.807) is 59.5 Å². The van der Waals surface area contributed by atoms with Crippen LogP contribution in [0.25, 0.3) is 17.3 Å². The first kappa shape index (κ1) is 33.2. The summed E-state index contributed by atoms with van der Waals surface area (Å²) in [4.78, 5) is 44.2. The van der Waals surface area contributed by atoms with Gasteiger partial charge in [-0.15, -0.1) is 11.3 Å². The Balaban J connectivity index is 1.38. The molecule has 0 spiro atoms. The van der Waals surface area contributed by atoms with E-state index in [2.05, 4.69) is 35.2 Å². The molecule has 1 aliphatic rings. The van der Waals surface area contributed by atoms with Gasteiger partial charge < -0.3 is 14.4 Å². The minimum Gasteiger partial charge on any atom is -0.495 e. The van der Waals surface area contributed by atoms with E-state index in [-0.39, 0.29) is 16.3 Å². The van der Waals surface area contributed by atoms with Crippen molar-refractivity contribution in [2.75, 3.05) is 40.4 Å². The standard InChI is InChI=1S/C39H34N4O5S/c1-47-33-16-10-9-15-32(33)43-37(45)34(25-27-17-19-30(20-18-27)39(46)48-2)49-38(43)31(26-40)36(44)42-23-21-41(22-24-42)35(28-11-5-3-6-12-28)29-13-7-4-8-14-29/h3-20,25,35H,21-24H2,1-2H3. The molecule has 9 nitrogen and oxygen atoms in total. The van der Waals surface area contributed by atoms with E-state index in [9.17, 15) is 19.6 Å². The minimum atomic E-state index is -0.466. The van der Waals surface area contributed by atoms with Crippen LogP contribution >= 0.6 is 11.3 Å². The molecule has 6 rings (SSSR count). The largest absolute Gasteiger partial charge is 0.495 e. The molecule has 0 N–H and O–H groups in total. The zero-order chi connectivity index (χ0) is 34.3. The van der Waals surface area contributed by atoms with Crippen LogP contribution in [0.2, 0.25) is 0 Å². The number of aromatic nitrogens is 1. The maximum atomic E-state index is 14.1. The maximum Gasteiger partial charge on any atom is 0.337 e. The summed E-state index contributed by atoms with van der Waals surface area (Å²) in [7, 11) is 2.82. The van der Waals surface area contributed by atoms with Crippen LogP contribution in [0.3, 0.4) is 0 Å². The number of hydrogen-bond acceptors (Lipinski definition) is 8. The summed E-state index contributed by atoms with van der Waals surface area (Å²) in [5.74, 6) is -0.479. The molecule has 0 bridgehead atoms. The van der Waals surface area contributed by atoms with Crippen LogP contribution in [0.15, 0.2) is 114 Å². The van der Waals surface area contributed by atoms with Gasteiger partial charge in [0.25, 0.3) is 11.5 Å². The smallest absolute Gasteiger partial charge is 0.337 e. The molecule has 5 aromatic rings. The molecule has 1 amide bonds. The Bertz CT molecular complexity index is 2140. The molecule has 1 saturated heterocycles. The number of hydrogen-bond donors (Lipinski definition) is 0. The van der Waals surface area contributed by atoms with Crippen molar-refractivity contribution >= 4 is 34.9 Å². The Morgan fingerprint density at radius 2 is 1.41 bits per heavy atom. The minimum absolute atomic E-state index is 0.0203. The highest BCUT2D eigenvalue weighted by molar-refractivity contribution is 7.07. The summed E-state index contributed by atoms with van der Waals surface area (Å²) in [6.45, 7) is 2.03. The lowest BCUT2D eigenvalue weighted by Crippen LogP contribution is -2.50. The molecular weight excluding hydrogens is 637 g/mol. The fourth-order valence-corrected chi connectivity index (χ4v) is 7.17. The van der Waals surface area contributed by atoms with Gasteiger partial charge in [0.2, 0.25) is 0 Å². The highest BCUT2D eigenvalue weighted by Gasteiger charge is 2.30. The number of benzene rings is 4. The van der Waals surface area contributed by atoms with Crippen LogP contribution in [0, 0.1) is 11.3 Å². The fraction of sp³-hybridized carbons (Fsp3) is 0.179. The Morgan fingerprint density at radius 1 is 0.816 bits per heavy atom. The Kier molecular flexibility index (Phi) is 10.1.